The molecule has 1 heterocycles. The van der Waals surface area contributed by atoms with Gasteiger partial charge in [-0.3, -0.25) is 4.79 Å². The Labute approximate surface area is 115 Å². The molecule has 1 aromatic heterocycles. The highest BCUT2D eigenvalue weighted by molar-refractivity contribution is 5.69. The van der Waals surface area contributed by atoms with E-state index in [2.05, 4.69) is 10.3 Å². The fourth-order valence-electron chi connectivity index (χ4n) is 1.61. The molecule has 106 valence electrons. The number of aromatic nitrogens is 3. The Kier molecular flexibility index (Phi) is 4.54. The molecular weight excluding hydrogens is 262 g/mol. The van der Waals surface area contributed by atoms with Gasteiger partial charge in [0.05, 0.1) is 25.8 Å². The molecule has 0 unspecified atom stereocenters. The van der Waals surface area contributed by atoms with Gasteiger partial charge < -0.3 is 14.6 Å². The SMILES string of the molecule is COc1ccc(OCCn2cc(CC(=O)O)nn2)cc1. The van der Waals surface area contributed by atoms with Crippen molar-refractivity contribution in [2.24, 2.45) is 0 Å². The maximum atomic E-state index is 10.5. The first-order valence-corrected chi connectivity index (χ1v) is 6.05. The molecule has 1 aromatic carbocycles. The highest BCUT2D eigenvalue weighted by Crippen LogP contribution is 2.16. The molecule has 0 saturated heterocycles. The minimum absolute atomic E-state index is 0.126. The van der Waals surface area contributed by atoms with Gasteiger partial charge in [-0.2, -0.15) is 0 Å². The van der Waals surface area contributed by atoms with E-state index in [0.29, 0.717) is 18.8 Å². The van der Waals surface area contributed by atoms with Crippen LogP contribution < -0.4 is 9.47 Å². The van der Waals surface area contributed by atoms with Crippen molar-refractivity contribution in [1.29, 1.82) is 0 Å². The lowest BCUT2D eigenvalue weighted by atomic mass is 10.3. The second-order valence-electron chi connectivity index (χ2n) is 4.07. The van der Waals surface area contributed by atoms with E-state index in [1.165, 1.54) is 0 Å². The van der Waals surface area contributed by atoms with Gasteiger partial charge in [-0.1, -0.05) is 5.21 Å². The summed E-state index contributed by atoms with van der Waals surface area (Å²) >= 11 is 0. The summed E-state index contributed by atoms with van der Waals surface area (Å²) in [6.07, 6.45) is 1.48. The third kappa shape index (κ3) is 3.98. The zero-order valence-corrected chi connectivity index (χ0v) is 11.0. The van der Waals surface area contributed by atoms with Crippen LogP contribution in [0.2, 0.25) is 0 Å². The smallest absolute Gasteiger partial charge is 0.309 e. The number of carbonyl (C=O) groups is 1. The molecule has 0 amide bonds. The number of hydrogen-bond donors (Lipinski definition) is 1. The van der Waals surface area contributed by atoms with E-state index in [9.17, 15) is 4.79 Å². The summed E-state index contributed by atoms with van der Waals surface area (Å²) in [6, 6.07) is 7.26. The molecule has 2 rings (SSSR count). The number of carboxylic acid groups (broad SMARTS) is 1. The number of rotatable bonds is 7. The molecular formula is C13H15N3O4. The van der Waals surface area contributed by atoms with Crippen LogP contribution in [0.1, 0.15) is 5.69 Å². The first-order chi connectivity index (χ1) is 9.67. The predicted molar refractivity (Wildman–Crippen MR) is 69.9 cm³/mol. The van der Waals surface area contributed by atoms with Crippen molar-refractivity contribution in [3.8, 4) is 11.5 Å². The summed E-state index contributed by atoms with van der Waals surface area (Å²) < 4.78 is 12.1. The second kappa shape index (κ2) is 6.55. The number of carboxylic acids is 1. The van der Waals surface area contributed by atoms with E-state index >= 15 is 0 Å². The van der Waals surface area contributed by atoms with E-state index in [0.717, 1.165) is 11.5 Å². The van der Waals surface area contributed by atoms with Crippen molar-refractivity contribution in [2.75, 3.05) is 13.7 Å². The van der Waals surface area contributed by atoms with Gasteiger partial charge in [0.1, 0.15) is 18.1 Å². The molecule has 7 nitrogen and oxygen atoms in total. The first kappa shape index (κ1) is 13.9. The molecule has 0 saturated carbocycles. The molecule has 2 aromatic rings. The standard InChI is InChI=1S/C13H15N3O4/c1-19-11-2-4-12(5-3-11)20-7-6-16-9-10(14-15-16)8-13(17)18/h2-5,9H,6-8H2,1H3,(H,17,18). The van der Waals surface area contributed by atoms with Gasteiger partial charge in [0, 0.05) is 6.20 Å². The van der Waals surface area contributed by atoms with Crippen LogP contribution in [-0.4, -0.2) is 39.8 Å². The number of ether oxygens (including phenoxy) is 2. The molecule has 1 N–H and O–H groups in total. The van der Waals surface area contributed by atoms with Crippen LogP contribution in [0.15, 0.2) is 30.5 Å². The minimum atomic E-state index is -0.925. The van der Waals surface area contributed by atoms with Crippen molar-refractivity contribution >= 4 is 5.97 Å². The fraction of sp³-hybridized carbons (Fsp3) is 0.308. The monoisotopic (exact) mass is 277 g/mol. The molecule has 0 bridgehead atoms. The molecule has 0 atom stereocenters. The third-order valence-electron chi connectivity index (χ3n) is 2.57. The van der Waals surface area contributed by atoms with E-state index in [-0.39, 0.29) is 6.42 Å². The summed E-state index contributed by atoms with van der Waals surface area (Å²) in [6.45, 7) is 0.918. The van der Waals surface area contributed by atoms with Crippen LogP contribution in [0.4, 0.5) is 0 Å². The summed E-state index contributed by atoms with van der Waals surface area (Å²) in [5, 5.41) is 16.2. The Morgan fingerprint density at radius 3 is 2.65 bits per heavy atom. The molecule has 0 fully saturated rings. The topological polar surface area (TPSA) is 86.5 Å². The Morgan fingerprint density at radius 2 is 2.00 bits per heavy atom. The summed E-state index contributed by atoms with van der Waals surface area (Å²) in [5.74, 6) is 0.579. The van der Waals surface area contributed by atoms with Crippen LogP contribution in [0, 0.1) is 0 Å². The number of benzene rings is 1. The minimum Gasteiger partial charge on any atom is -0.497 e. The Hall–Kier alpha value is -2.57. The van der Waals surface area contributed by atoms with Gasteiger partial charge >= 0.3 is 5.97 Å². The van der Waals surface area contributed by atoms with Crippen LogP contribution >= 0.6 is 0 Å². The molecule has 0 aliphatic carbocycles. The summed E-state index contributed by atoms with van der Waals surface area (Å²) in [4.78, 5) is 10.5. The van der Waals surface area contributed by atoms with Crippen molar-refractivity contribution in [3.05, 3.63) is 36.2 Å². The van der Waals surface area contributed by atoms with Gasteiger partial charge in [-0.15, -0.1) is 5.10 Å². The second-order valence-corrected chi connectivity index (χ2v) is 4.07. The highest BCUT2D eigenvalue weighted by atomic mass is 16.5. The quantitative estimate of drug-likeness (QED) is 0.812. The molecule has 0 spiro atoms. The average molecular weight is 277 g/mol. The maximum absolute atomic E-state index is 10.5. The number of nitrogens with zero attached hydrogens (tertiary/aromatic N) is 3. The molecule has 0 radical (unpaired) electrons. The fourth-order valence-corrected chi connectivity index (χ4v) is 1.61. The zero-order valence-electron chi connectivity index (χ0n) is 11.0. The molecule has 0 aliphatic heterocycles. The van der Waals surface area contributed by atoms with Crippen molar-refractivity contribution in [2.45, 2.75) is 13.0 Å². The Morgan fingerprint density at radius 1 is 1.30 bits per heavy atom. The average Bonchev–Trinajstić information content (AvgIpc) is 2.86. The lowest BCUT2D eigenvalue weighted by molar-refractivity contribution is -0.136. The van der Waals surface area contributed by atoms with Crippen LogP contribution in [0.5, 0.6) is 11.5 Å². The van der Waals surface area contributed by atoms with E-state index in [1.54, 1.807) is 18.0 Å². The van der Waals surface area contributed by atoms with Gasteiger partial charge in [0.25, 0.3) is 0 Å². The van der Waals surface area contributed by atoms with Crippen LogP contribution in [0.3, 0.4) is 0 Å². The molecule has 20 heavy (non-hydrogen) atoms. The van der Waals surface area contributed by atoms with E-state index in [1.807, 2.05) is 24.3 Å². The maximum Gasteiger partial charge on any atom is 0.309 e. The third-order valence-corrected chi connectivity index (χ3v) is 2.57. The summed E-state index contributed by atoms with van der Waals surface area (Å²) in [7, 11) is 1.61. The van der Waals surface area contributed by atoms with Crippen LogP contribution in [0.25, 0.3) is 0 Å². The van der Waals surface area contributed by atoms with E-state index in [4.69, 9.17) is 14.6 Å². The van der Waals surface area contributed by atoms with Crippen LogP contribution in [-0.2, 0) is 17.8 Å². The molecule has 7 heteroatoms. The lowest BCUT2D eigenvalue weighted by Gasteiger charge is -2.06. The lowest BCUT2D eigenvalue weighted by Crippen LogP contribution is -2.08. The predicted octanol–water partition coefficient (Wildman–Crippen LogP) is 0.993. The Bertz CT molecular complexity index is 565. The van der Waals surface area contributed by atoms with Crippen molar-refractivity contribution < 1.29 is 19.4 Å². The molecule has 0 aliphatic rings. The van der Waals surface area contributed by atoms with Gasteiger partial charge in [0.15, 0.2) is 0 Å². The number of aliphatic carboxylic acids is 1. The number of hydrogen-bond acceptors (Lipinski definition) is 5. The highest BCUT2D eigenvalue weighted by Gasteiger charge is 2.05. The van der Waals surface area contributed by atoms with Gasteiger partial charge in [-0.25, -0.2) is 4.68 Å². The van der Waals surface area contributed by atoms with Crippen molar-refractivity contribution in [3.63, 3.8) is 0 Å². The summed E-state index contributed by atoms with van der Waals surface area (Å²) in [5.41, 5.74) is 0.432. The van der Waals surface area contributed by atoms with E-state index < -0.39 is 5.97 Å². The van der Waals surface area contributed by atoms with Gasteiger partial charge in [-0.05, 0) is 24.3 Å². The number of methoxy groups -OCH3 is 1. The largest absolute Gasteiger partial charge is 0.497 e. The normalized spacial score (nSPS) is 10.2. The first-order valence-electron chi connectivity index (χ1n) is 6.05. The van der Waals surface area contributed by atoms with Gasteiger partial charge in [0.2, 0.25) is 0 Å². The van der Waals surface area contributed by atoms with Crippen molar-refractivity contribution in [1.82, 2.24) is 15.0 Å². The Balaban J connectivity index is 1.80. The zero-order chi connectivity index (χ0) is 14.4.